The van der Waals surface area contributed by atoms with Crippen molar-refractivity contribution in [3.63, 3.8) is 0 Å². The number of piperidine rings is 4. The summed E-state index contributed by atoms with van der Waals surface area (Å²) in [5, 5.41) is 59.0. The molecule has 7 aliphatic carbocycles. The maximum Gasteiger partial charge on any atom is 0.317 e. The number of likely N-dealkylation sites (tertiary alicyclic amines) is 3. The van der Waals surface area contributed by atoms with Gasteiger partial charge in [0.25, 0.3) is 17.7 Å². The van der Waals surface area contributed by atoms with E-state index in [-0.39, 0.29) is 51.3 Å². The van der Waals surface area contributed by atoms with Gasteiger partial charge in [0, 0.05) is 85.6 Å². The molecule has 8 heterocycles. The first kappa shape index (κ1) is 89.4. The molecule has 3 amide bonds. The number of aromatic nitrogens is 4. The number of rotatable bonds is 15. The number of esters is 2. The van der Waals surface area contributed by atoms with Crippen molar-refractivity contribution < 1.29 is 68.6 Å². The van der Waals surface area contributed by atoms with Crippen molar-refractivity contribution in [2.75, 3.05) is 52.4 Å². The molecule has 4 aromatic heterocycles. The van der Waals surface area contributed by atoms with Gasteiger partial charge in [-0.2, -0.15) is 0 Å². The predicted octanol–water partition coefficient (Wildman–Crippen LogP) is 17.8. The molecule has 0 bridgehead atoms. The van der Waals surface area contributed by atoms with E-state index < -0.39 is 61.6 Å². The fraction of sp³-hybridized carbons (Fsp3) is 0.402. The molecule has 4 atom stereocenters. The lowest BCUT2D eigenvalue weighted by Crippen LogP contribution is -2.47. The molecular formula is C112H116N8O14. The van der Waals surface area contributed by atoms with Crippen LogP contribution in [-0.4, -0.2) is 182 Å². The Morgan fingerprint density at radius 1 is 0.299 bits per heavy atom. The number of nitrogens with zero attached hydrogens (tertiary/aromatic N) is 7. The number of pyridine rings is 4. The minimum Gasteiger partial charge on any atom is -0.481 e. The topological polar surface area (TPSA) is 312 Å². The zero-order chi connectivity index (χ0) is 93.4. The van der Waals surface area contributed by atoms with E-state index in [4.69, 9.17) is 9.47 Å². The summed E-state index contributed by atoms with van der Waals surface area (Å²) >= 11 is 0. The maximum absolute atomic E-state index is 13.8. The summed E-state index contributed by atoms with van der Waals surface area (Å²) in [6.07, 6.45) is 19.3. The van der Waals surface area contributed by atoms with Gasteiger partial charge in [-0.05, 0) is 307 Å². The first-order valence-electron chi connectivity index (χ1n) is 47.7. The van der Waals surface area contributed by atoms with Crippen LogP contribution in [0.2, 0.25) is 0 Å². The van der Waals surface area contributed by atoms with E-state index in [0.717, 1.165) is 162 Å². The van der Waals surface area contributed by atoms with Crippen molar-refractivity contribution in [1.29, 1.82) is 0 Å². The number of fused-ring (bicyclic) bond motifs is 4. The number of benzene rings is 8. The van der Waals surface area contributed by atoms with E-state index in [1.807, 2.05) is 145 Å². The molecule has 11 fully saturated rings. The molecule has 7 saturated carbocycles. The average molecular weight is 1800 g/mol. The Bertz CT molecular complexity index is 6440. The van der Waals surface area contributed by atoms with Crippen LogP contribution in [0.15, 0.2) is 243 Å². The molecule has 4 saturated heterocycles. The number of hydrogen-bond donors (Lipinski definition) is 6. The van der Waals surface area contributed by atoms with Crippen LogP contribution in [0.25, 0.3) is 88.1 Å². The number of ether oxygens (including phenoxy) is 2. The summed E-state index contributed by atoms with van der Waals surface area (Å²) in [4.78, 5) is 113. The quantitative estimate of drug-likeness (QED) is 0.0520. The predicted molar refractivity (Wildman–Crippen MR) is 513 cm³/mol. The molecule has 22 nitrogen and oxygen atoms in total. The highest BCUT2D eigenvalue weighted by atomic mass is 16.6. The summed E-state index contributed by atoms with van der Waals surface area (Å²) in [7, 11) is 0. The Morgan fingerprint density at radius 3 is 0.761 bits per heavy atom. The number of nitrogens with one attached hydrogen (secondary N) is 1. The molecular weight excluding hydrogens is 1680 g/mol. The Hall–Kier alpha value is -12.5. The molecule has 12 aromatic rings. The summed E-state index contributed by atoms with van der Waals surface area (Å²) in [5.41, 5.74) is 7.68. The second kappa shape index (κ2) is 33.0. The number of aliphatic hydroxyl groups is 3. The molecule has 4 aliphatic heterocycles. The fourth-order valence-corrected chi connectivity index (χ4v) is 23.3. The molecule has 6 N–H and O–H groups in total. The normalized spacial score (nSPS) is 23.8. The zero-order valence-corrected chi connectivity index (χ0v) is 77.0. The monoisotopic (exact) mass is 1800 g/mol. The first-order valence-corrected chi connectivity index (χ1v) is 47.7. The maximum atomic E-state index is 13.8. The zero-order valence-electron chi connectivity index (χ0n) is 77.0. The number of carboxylic acid groups (broad SMARTS) is 2. The van der Waals surface area contributed by atoms with E-state index in [9.17, 15) is 59.1 Å². The molecule has 23 rings (SSSR count). The van der Waals surface area contributed by atoms with E-state index in [0.29, 0.717) is 116 Å². The summed E-state index contributed by atoms with van der Waals surface area (Å²) in [6.45, 7) is 16.7. The third-order valence-corrected chi connectivity index (χ3v) is 32.0. The summed E-state index contributed by atoms with van der Waals surface area (Å²) < 4.78 is 11.9. The standard InChI is InChI=1S/C31H34N2O4.2C27H26N2O4.C27H30N2O2/c1-28(2,3)37-27(35)31(20-29(31)14-17-33(18-15-29)26(34)30(36)12-13-30)24-10-8-21(9-11-24)23-7-6-22-5-4-16-32-25(22)19-23;2*30-23(26(33)9-10-26)29-14-11-25(12-15-29)17-27(25,24(31)32)21-7-5-18(6-8-21)20-4-3-19-2-1-13-28-22(19)16-20;1-25(2,3)31-24(30)27(18-26(27)12-15-28-16-13-26)22-10-8-19(9-11-22)21-7-6-20-5-4-14-29-23(20)17-21/h4-11,16,19,36H,12-15,17-18,20H2,1-3H3;2*1-8,13,16,33H,9-12,14-15,17H2,(H,31,32);4-11,14,17,28H,12-13,15-16,18H2,1-3H3/t;2*27-;/m.10./s1. The van der Waals surface area contributed by atoms with E-state index in [2.05, 4.69) is 147 Å². The van der Waals surface area contributed by atoms with Crippen molar-refractivity contribution in [2.45, 2.75) is 207 Å². The van der Waals surface area contributed by atoms with Gasteiger partial charge in [-0.15, -0.1) is 0 Å². The van der Waals surface area contributed by atoms with Crippen LogP contribution >= 0.6 is 0 Å². The number of aliphatic carboxylic acids is 2. The van der Waals surface area contributed by atoms with Crippen LogP contribution in [0.4, 0.5) is 0 Å². The van der Waals surface area contributed by atoms with Gasteiger partial charge in [0.05, 0.1) is 43.7 Å². The van der Waals surface area contributed by atoms with Crippen molar-refractivity contribution >= 4 is 85.2 Å². The number of hydrogen-bond acceptors (Lipinski definition) is 17. The Balaban J connectivity index is 0.000000111. The Kier molecular flexibility index (Phi) is 22.0. The highest BCUT2D eigenvalue weighted by Crippen LogP contribution is 2.74. The van der Waals surface area contributed by atoms with E-state index in [1.165, 1.54) is 0 Å². The third kappa shape index (κ3) is 15.9. The summed E-state index contributed by atoms with van der Waals surface area (Å²) in [6, 6.07) is 73.5. The van der Waals surface area contributed by atoms with Crippen molar-refractivity contribution in [2.24, 2.45) is 21.7 Å². The summed E-state index contributed by atoms with van der Waals surface area (Å²) in [5.74, 6) is -2.34. The van der Waals surface area contributed by atoms with Gasteiger partial charge in [-0.1, -0.05) is 170 Å². The smallest absolute Gasteiger partial charge is 0.317 e. The molecule has 0 radical (unpaired) electrons. The van der Waals surface area contributed by atoms with Gasteiger partial charge in [-0.25, -0.2) is 0 Å². The van der Waals surface area contributed by atoms with Gasteiger partial charge in [0.15, 0.2) is 0 Å². The first-order chi connectivity index (χ1) is 64.1. The fourth-order valence-electron chi connectivity index (χ4n) is 23.3. The Morgan fingerprint density at radius 2 is 0.522 bits per heavy atom. The molecule has 4 spiro atoms. The highest BCUT2D eigenvalue weighted by molar-refractivity contribution is 5.96. The van der Waals surface area contributed by atoms with Crippen LogP contribution in [0, 0.1) is 21.7 Å². The number of carboxylic acids is 2. The largest absolute Gasteiger partial charge is 0.481 e. The van der Waals surface area contributed by atoms with Crippen LogP contribution in [0.3, 0.4) is 0 Å². The number of carbonyl (C=O) groups is 7. The number of carbonyl (C=O) groups excluding carboxylic acids is 5. The van der Waals surface area contributed by atoms with Crippen LogP contribution in [0.5, 0.6) is 0 Å². The molecule has 8 aromatic carbocycles. The molecule has 22 heteroatoms. The van der Waals surface area contributed by atoms with Crippen molar-refractivity contribution in [1.82, 2.24) is 40.0 Å². The van der Waals surface area contributed by atoms with Crippen LogP contribution < -0.4 is 5.32 Å². The van der Waals surface area contributed by atoms with Gasteiger partial charge >= 0.3 is 23.9 Å². The second-order valence-corrected chi connectivity index (χ2v) is 42.2. The van der Waals surface area contributed by atoms with Crippen molar-refractivity contribution in [3.05, 3.63) is 265 Å². The lowest BCUT2D eigenvalue weighted by Gasteiger charge is -2.37. The minimum absolute atomic E-state index is 0.0228. The van der Waals surface area contributed by atoms with E-state index in [1.54, 1.807) is 33.3 Å². The lowest BCUT2D eigenvalue weighted by atomic mass is 9.79. The Labute approximate surface area is 780 Å². The second-order valence-electron chi connectivity index (χ2n) is 42.2. The lowest BCUT2D eigenvalue weighted by molar-refractivity contribution is -0.161. The van der Waals surface area contributed by atoms with Crippen LogP contribution in [-0.2, 0) is 64.7 Å². The van der Waals surface area contributed by atoms with Gasteiger partial charge in [0.2, 0.25) is 0 Å². The minimum atomic E-state index is -1.16. The molecule has 134 heavy (non-hydrogen) atoms. The van der Waals surface area contributed by atoms with E-state index >= 15 is 0 Å². The molecule has 688 valence electrons. The molecule has 11 aliphatic rings. The highest BCUT2D eigenvalue weighted by Gasteiger charge is 2.77. The molecule has 2 unspecified atom stereocenters. The van der Waals surface area contributed by atoms with Crippen molar-refractivity contribution in [3.8, 4) is 44.5 Å². The number of amides is 3. The average Bonchev–Trinajstić information content (AvgIpc) is 1.52. The van der Waals surface area contributed by atoms with Gasteiger partial charge < -0.3 is 55.0 Å². The SMILES string of the molecule is CC(C)(C)OC(=O)C1(c2ccc(-c3ccc4cccnc4c3)cc2)CC12CCN(C(=O)C1(O)CC1)CC2.CC(C)(C)OC(=O)C1(c2ccc(-c3ccc4cccnc4c3)cc2)CC12CCNCC2.O=C(N1CCC2(CC1)C[C@@]2(C(=O)O)c1ccc(-c2ccc3cccnc3c2)cc1)C1(O)CC1.O=C(N1CCC2(CC1)C[C@]2(C(=O)O)c1ccc(-c2ccc3cccnc3c2)cc1)C1(O)CC1. The van der Waals surface area contributed by atoms with Gasteiger partial charge in [-0.3, -0.25) is 53.5 Å². The van der Waals surface area contributed by atoms with Gasteiger partial charge in [0.1, 0.15) is 28.0 Å². The van der Waals surface area contributed by atoms with Crippen LogP contribution in [0.1, 0.15) is 179 Å². The third-order valence-electron chi connectivity index (χ3n) is 32.0.